The lowest BCUT2D eigenvalue weighted by atomic mass is 9.75. The lowest BCUT2D eigenvalue weighted by Crippen LogP contribution is -2.58. The molecule has 6 aromatic rings. The number of amides is 4. The average molecular weight is 1540 g/mol. The van der Waals surface area contributed by atoms with E-state index in [0.29, 0.717) is 71.4 Å². The van der Waals surface area contributed by atoms with Crippen molar-refractivity contribution >= 4 is 82.4 Å². The molecule has 22 heteroatoms. The van der Waals surface area contributed by atoms with Crippen LogP contribution in [0.25, 0.3) is 0 Å². The number of carbonyl (C=O) groups is 4. The molecule has 3 fully saturated rings. The zero-order chi connectivity index (χ0) is 70.9. The van der Waals surface area contributed by atoms with Gasteiger partial charge in [-0.2, -0.15) is 18.4 Å². The van der Waals surface area contributed by atoms with E-state index in [1.165, 1.54) is 0 Å². The van der Waals surface area contributed by atoms with Crippen LogP contribution >= 0.6 is 47.8 Å². The van der Waals surface area contributed by atoms with Crippen LogP contribution in [-0.2, 0) is 46.0 Å². The van der Waals surface area contributed by atoms with E-state index >= 15 is 0 Å². The van der Waals surface area contributed by atoms with Crippen molar-refractivity contribution in [2.24, 2.45) is 5.41 Å². The summed E-state index contributed by atoms with van der Waals surface area (Å²) in [6.45, 7) is 27.7. The van der Waals surface area contributed by atoms with Gasteiger partial charge in [0.2, 0.25) is 0 Å². The number of rotatable bonds is 20. The van der Waals surface area contributed by atoms with E-state index in [2.05, 4.69) is 65.2 Å². The molecule has 97 heavy (non-hydrogen) atoms. The fourth-order valence-electron chi connectivity index (χ4n) is 12.7. The van der Waals surface area contributed by atoms with E-state index in [-0.39, 0.29) is 45.8 Å². The third-order valence-corrected chi connectivity index (χ3v) is 22.0. The van der Waals surface area contributed by atoms with Crippen molar-refractivity contribution in [2.75, 3.05) is 46.4 Å². The fraction of sp³-hybridized carbons (Fsp3) is 0.427. The van der Waals surface area contributed by atoms with Crippen LogP contribution in [0.15, 0.2) is 189 Å². The van der Waals surface area contributed by atoms with Crippen LogP contribution in [-0.4, -0.2) is 114 Å². The Balaban J connectivity index is 0.000000238. The molecular weight excluding hydrogens is 1450 g/mol. The summed E-state index contributed by atoms with van der Waals surface area (Å²) < 4.78 is 51.0. The van der Waals surface area contributed by atoms with Crippen molar-refractivity contribution in [2.45, 2.75) is 155 Å². The largest absolute Gasteiger partial charge is 0.870 e. The highest BCUT2D eigenvalue weighted by Gasteiger charge is 2.49. The van der Waals surface area contributed by atoms with Gasteiger partial charge in [0, 0.05) is 71.6 Å². The third kappa shape index (κ3) is 21.0. The Hall–Kier alpha value is -7.10. The number of nitriles is 1. The number of benzene rings is 6. The minimum absolute atomic E-state index is 0. The van der Waals surface area contributed by atoms with Gasteiger partial charge in [-0.05, 0) is 146 Å². The SMILES string of the molecule is C=C(C)C[C@]1(c2ccccc2)CCN([C@@H](C)c2ccc(Br)cc2)C(=O)O1.CC[N+](CC)(CC)S(=O)(=O)NC(=O)OC.C[C@@H](c1ccc(Br)cc1)N1CC[C@](CC(C)(C)C#N)(c2ccccc2)OC1=O.C[C@@H](c1ccc(Br)cc1)N1CC[C@](CC(C)(C)O)(c2ccccc2)OC1=O.[OH-]. The summed E-state index contributed by atoms with van der Waals surface area (Å²) in [5.41, 5.74) is 3.36. The van der Waals surface area contributed by atoms with Crippen LogP contribution in [0.4, 0.5) is 19.2 Å². The molecule has 0 unspecified atom stereocenters. The van der Waals surface area contributed by atoms with E-state index in [0.717, 1.165) is 65.9 Å². The van der Waals surface area contributed by atoms with Crippen molar-refractivity contribution in [1.29, 1.82) is 5.26 Å². The molecule has 3 heterocycles. The molecule has 3 N–H and O–H groups in total. The number of carbonyl (C=O) groups excluding carboxylic acids is 4. The molecule has 0 saturated carbocycles. The van der Waals surface area contributed by atoms with Crippen LogP contribution in [0, 0.1) is 16.7 Å². The highest BCUT2D eigenvalue weighted by molar-refractivity contribution is 9.11. The molecule has 524 valence electrons. The number of cyclic esters (lactones) is 3. The maximum absolute atomic E-state index is 13.1. The van der Waals surface area contributed by atoms with E-state index in [4.69, 9.17) is 14.2 Å². The second-order valence-corrected chi connectivity index (χ2v) is 30.7. The number of quaternary nitrogens is 1. The Bertz CT molecular complexity index is 3700. The first kappa shape index (κ1) is 80.6. The molecule has 6 aromatic carbocycles. The standard InChI is InChI=1S/C23H25BrN2O2.C22H26BrNO3.C22H24BrNO2.C8H18N2O4S.H2O/c1-17(18-9-11-20(24)12-10-18)26-14-13-23(28-21(26)27,15-22(2,3)16-25)19-7-5-4-6-8-19;1-16(17-9-11-19(23)12-10-17)24-14-13-22(27-20(24)25,15-21(2,3)26)18-7-5-4-6-8-18;1-16(2)15-22(19-7-5-4-6-8-19)13-14-24(21(25)26-22)17(3)18-9-11-20(23)12-10-18;1-5-10(6-2,7-3)15(12,13)9-8(11)14-4;/h4-12,17H,13-15H2,1-3H3;4-12,16,26H,13-15H2,1-3H3;4-12,17H,1,13-15H2,2-3H3;5-7H2,1-4H3;1H2/t17-,23-;16-,22-;17-,22-;;/m000../s1. The normalized spacial score (nSPS) is 19.7. The Labute approximate surface area is 599 Å². The maximum Gasteiger partial charge on any atom is 0.424 e. The summed E-state index contributed by atoms with van der Waals surface area (Å²) in [6.07, 6.45) is 1.60. The molecule has 4 amide bonds. The lowest BCUT2D eigenvalue weighted by molar-refractivity contribution is -0.801. The van der Waals surface area contributed by atoms with Crippen molar-refractivity contribution in [1.82, 2.24) is 19.4 Å². The highest BCUT2D eigenvalue weighted by Crippen LogP contribution is 2.46. The molecule has 0 aliphatic carbocycles. The number of methoxy groups -OCH3 is 1. The topological polar surface area (TPSA) is 235 Å². The first-order valence-electron chi connectivity index (χ1n) is 32.4. The lowest BCUT2D eigenvalue weighted by Gasteiger charge is -2.45. The Kier molecular flexibility index (Phi) is 29.2. The van der Waals surface area contributed by atoms with Gasteiger partial charge >= 0.3 is 34.6 Å². The molecular formula is C75H95Br3N6O12S. The molecule has 3 aliphatic heterocycles. The van der Waals surface area contributed by atoms with Gasteiger partial charge < -0.3 is 44.2 Å². The summed E-state index contributed by atoms with van der Waals surface area (Å²) in [5, 5.41) is 20.0. The number of nitrogens with one attached hydrogen (secondary N) is 1. The average Bonchev–Trinajstić information content (AvgIpc) is 0.792. The van der Waals surface area contributed by atoms with Crippen molar-refractivity contribution in [3.05, 3.63) is 223 Å². The quantitative estimate of drug-likeness (QED) is 0.0412. The molecule has 0 spiro atoms. The van der Waals surface area contributed by atoms with Crippen molar-refractivity contribution < 1.29 is 61.0 Å². The van der Waals surface area contributed by atoms with Gasteiger partial charge in [0.1, 0.15) is 16.8 Å². The van der Waals surface area contributed by atoms with E-state index in [9.17, 15) is 38.0 Å². The Morgan fingerprint density at radius 1 is 0.598 bits per heavy atom. The molecule has 0 bridgehead atoms. The fourth-order valence-corrected chi connectivity index (χ4v) is 15.0. The number of aliphatic hydroxyl groups is 1. The smallest absolute Gasteiger partial charge is 0.424 e. The molecule has 3 aliphatic rings. The second kappa shape index (κ2) is 35.1. The van der Waals surface area contributed by atoms with Gasteiger partial charge in [-0.15, -0.1) is 0 Å². The number of halogens is 3. The third-order valence-electron chi connectivity index (χ3n) is 18.2. The predicted octanol–water partition coefficient (Wildman–Crippen LogP) is 18.1. The monoisotopic (exact) mass is 1540 g/mol. The summed E-state index contributed by atoms with van der Waals surface area (Å²) in [5.74, 6) is 0. The van der Waals surface area contributed by atoms with E-state index in [1.807, 2.05) is 215 Å². The first-order chi connectivity index (χ1) is 45.3. The van der Waals surface area contributed by atoms with Crippen LogP contribution in [0.1, 0.15) is 166 Å². The van der Waals surface area contributed by atoms with Gasteiger partial charge in [0.15, 0.2) is 0 Å². The summed E-state index contributed by atoms with van der Waals surface area (Å²) in [7, 11) is -2.60. The van der Waals surface area contributed by atoms with Crippen LogP contribution in [0.3, 0.4) is 0 Å². The Morgan fingerprint density at radius 3 is 1.18 bits per heavy atom. The van der Waals surface area contributed by atoms with Gasteiger partial charge in [0.05, 0.1) is 62.0 Å². The highest BCUT2D eigenvalue weighted by atomic mass is 79.9. The van der Waals surface area contributed by atoms with E-state index in [1.54, 1.807) is 44.4 Å². The van der Waals surface area contributed by atoms with Crippen LogP contribution < -0.4 is 4.72 Å². The van der Waals surface area contributed by atoms with Gasteiger partial charge in [0.25, 0.3) is 0 Å². The van der Waals surface area contributed by atoms with Crippen LogP contribution in [0.2, 0.25) is 0 Å². The maximum atomic E-state index is 13.1. The first-order valence-corrected chi connectivity index (χ1v) is 36.3. The zero-order valence-corrected chi connectivity index (χ0v) is 63.3. The molecule has 18 nitrogen and oxygen atoms in total. The number of ether oxygens (including phenoxy) is 4. The molecule has 3 saturated heterocycles. The number of hydrogen-bond donors (Lipinski definition) is 2. The summed E-state index contributed by atoms with van der Waals surface area (Å²) in [4.78, 5) is 55.2. The molecule has 0 radical (unpaired) electrons. The summed E-state index contributed by atoms with van der Waals surface area (Å²) in [6, 6.07) is 55.7. The summed E-state index contributed by atoms with van der Waals surface area (Å²) >= 11 is 10.3. The molecule has 9 rings (SSSR count). The van der Waals surface area contributed by atoms with Gasteiger partial charge in [-0.1, -0.05) is 187 Å². The number of nitrogens with zero attached hydrogens (tertiary/aromatic N) is 5. The molecule has 6 atom stereocenters. The van der Waals surface area contributed by atoms with Crippen molar-refractivity contribution in [3.63, 3.8) is 0 Å². The van der Waals surface area contributed by atoms with Gasteiger partial charge in [-0.3, -0.25) is 0 Å². The van der Waals surface area contributed by atoms with Crippen LogP contribution in [0.5, 0.6) is 0 Å². The van der Waals surface area contributed by atoms with E-state index < -0.39 is 44.1 Å². The zero-order valence-electron chi connectivity index (χ0n) is 57.8. The minimum atomic E-state index is -3.73. The Morgan fingerprint density at radius 2 is 0.897 bits per heavy atom. The minimum Gasteiger partial charge on any atom is -0.870 e. The van der Waals surface area contributed by atoms with Gasteiger partial charge in [-0.25, -0.2) is 23.1 Å². The second-order valence-electron chi connectivity index (χ2n) is 26.1. The number of hydrogen-bond acceptors (Lipinski definition) is 13. The predicted molar refractivity (Wildman–Crippen MR) is 388 cm³/mol. The molecule has 0 aromatic heterocycles. The van der Waals surface area contributed by atoms with Crippen molar-refractivity contribution in [3.8, 4) is 6.07 Å².